The Balaban J connectivity index is 1.71. The van der Waals surface area contributed by atoms with Gasteiger partial charge in [-0.1, -0.05) is 18.2 Å². The number of fused-ring (bicyclic) bond motifs is 4. The number of ether oxygens (including phenoxy) is 2. The monoisotopic (exact) mass is 422 g/mol. The zero-order chi connectivity index (χ0) is 21.9. The number of hydrogen-bond donors (Lipinski definition) is 2. The van der Waals surface area contributed by atoms with Crippen LogP contribution in [0, 0.1) is 6.92 Å². The molecule has 1 aliphatic rings. The molecule has 0 spiro atoms. The summed E-state index contributed by atoms with van der Waals surface area (Å²) in [7, 11) is 4.04. The van der Waals surface area contributed by atoms with Crippen molar-refractivity contribution in [3.63, 3.8) is 0 Å². The minimum Gasteiger partial charge on any atom is -0.853 e. The third kappa shape index (κ3) is 3.04. The van der Waals surface area contributed by atoms with E-state index in [-0.39, 0.29) is 6.61 Å². The Morgan fingerprint density at radius 1 is 1.13 bits per heavy atom. The zero-order valence-corrected chi connectivity index (χ0v) is 17.8. The lowest BCUT2D eigenvalue weighted by Gasteiger charge is -2.18. The summed E-state index contributed by atoms with van der Waals surface area (Å²) in [5, 5.41) is 35.9. The van der Waals surface area contributed by atoms with Crippen LogP contribution < -0.4 is 9.67 Å². The Kier molecular flexibility index (Phi) is 4.96. The van der Waals surface area contributed by atoms with Crippen molar-refractivity contribution in [1.82, 2.24) is 4.57 Å². The van der Waals surface area contributed by atoms with Crippen molar-refractivity contribution in [3.8, 4) is 0 Å². The average molecular weight is 422 g/mol. The van der Waals surface area contributed by atoms with E-state index < -0.39 is 31.2 Å². The number of pyridine rings is 1. The summed E-state index contributed by atoms with van der Waals surface area (Å²) < 4.78 is 15.6. The van der Waals surface area contributed by atoms with Crippen LogP contribution in [0.5, 0.6) is 0 Å². The second-order valence-corrected chi connectivity index (χ2v) is 8.34. The molecule has 4 aromatic rings. The maximum atomic E-state index is 11.2. The molecule has 0 unspecified atom stereocenters. The predicted molar refractivity (Wildman–Crippen MR) is 114 cm³/mol. The van der Waals surface area contributed by atoms with E-state index in [0.29, 0.717) is 0 Å². The van der Waals surface area contributed by atoms with Gasteiger partial charge in [0.1, 0.15) is 19.3 Å². The van der Waals surface area contributed by atoms with Gasteiger partial charge in [-0.3, -0.25) is 0 Å². The lowest BCUT2D eigenvalue weighted by Crippen LogP contribution is -2.37. The van der Waals surface area contributed by atoms with Crippen LogP contribution in [0.15, 0.2) is 42.7 Å². The Labute approximate surface area is 179 Å². The highest BCUT2D eigenvalue weighted by Gasteiger charge is 2.41. The molecule has 0 bridgehead atoms. The second kappa shape index (κ2) is 7.55. The van der Waals surface area contributed by atoms with Gasteiger partial charge < -0.3 is 29.4 Å². The lowest BCUT2D eigenvalue weighted by atomic mass is 9.96. The Bertz CT molecular complexity index is 1300. The van der Waals surface area contributed by atoms with Gasteiger partial charge >= 0.3 is 0 Å². The van der Waals surface area contributed by atoms with Gasteiger partial charge in [0.2, 0.25) is 0 Å². The van der Waals surface area contributed by atoms with Crippen LogP contribution >= 0.6 is 0 Å². The minimum absolute atomic E-state index is 0.172. The summed E-state index contributed by atoms with van der Waals surface area (Å²) in [6.45, 7) is 1.67. The summed E-state index contributed by atoms with van der Waals surface area (Å²) in [6.07, 6.45) is -0.419. The molecule has 1 saturated heterocycles. The van der Waals surface area contributed by atoms with Crippen molar-refractivity contribution < 1.29 is 29.4 Å². The van der Waals surface area contributed by atoms with Gasteiger partial charge in [0.15, 0.2) is 18.7 Å². The molecule has 3 heterocycles. The van der Waals surface area contributed by atoms with Crippen molar-refractivity contribution >= 4 is 32.6 Å². The molecular weight excluding hydrogens is 396 g/mol. The number of para-hydroxylation sites is 1. The number of aliphatic hydroxyl groups is 2. The lowest BCUT2D eigenvalue weighted by molar-refractivity contribution is -0.670. The quantitative estimate of drug-likeness (QED) is 0.478. The molecule has 7 heteroatoms. The number of aromatic nitrogens is 2. The molecule has 7 nitrogen and oxygen atoms in total. The molecular formula is C24H26N2O5. The third-order valence-corrected chi connectivity index (χ3v) is 6.47. The predicted octanol–water partition coefficient (Wildman–Crippen LogP) is 0.941. The average Bonchev–Trinajstić information content (AvgIpc) is 3.22. The van der Waals surface area contributed by atoms with E-state index >= 15 is 0 Å². The van der Waals surface area contributed by atoms with Gasteiger partial charge in [-0.15, -0.1) is 6.61 Å². The van der Waals surface area contributed by atoms with E-state index in [0.717, 1.165) is 38.1 Å². The molecule has 2 aromatic heterocycles. The molecule has 1 fully saturated rings. The largest absolute Gasteiger partial charge is 0.853 e. The van der Waals surface area contributed by atoms with E-state index in [9.17, 15) is 15.3 Å². The SMILES string of the molecule is Cc1c2cc[n+](C)cc2c(CO[C@H]2O[C@@H](C[O-])[C@@H](O)[C@H]2O)c2c3ccccc3n(C)c12. The van der Waals surface area contributed by atoms with Crippen LogP contribution in [-0.4, -0.2) is 46.0 Å². The van der Waals surface area contributed by atoms with E-state index in [4.69, 9.17) is 9.47 Å². The summed E-state index contributed by atoms with van der Waals surface area (Å²) >= 11 is 0. The van der Waals surface area contributed by atoms with E-state index in [1.54, 1.807) is 0 Å². The number of hydrogen-bond acceptors (Lipinski definition) is 5. The summed E-state index contributed by atoms with van der Waals surface area (Å²) in [5.41, 5.74) is 4.43. The highest BCUT2D eigenvalue weighted by atomic mass is 16.7. The molecule has 1 aliphatic heterocycles. The molecule has 2 aromatic carbocycles. The molecule has 0 radical (unpaired) electrons. The van der Waals surface area contributed by atoms with Crippen LogP contribution in [0.3, 0.4) is 0 Å². The normalized spacial score (nSPS) is 24.1. The first-order valence-electron chi connectivity index (χ1n) is 10.4. The Morgan fingerprint density at radius 2 is 1.90 bits per heavy atom. The highest BCUT2D eigenvalue weighted by molar-refractivity contribution is 6.16. The van der Waals surface area contributed by atoms with E-state index in [1.807, 2.05) is 29.9 Å². The molecule has 0 saturated carbocycles. The fraction of sp³-hybridized carbons (Fsp3) is 0.375. The van der Waals surface area contributed by atoms with E-state index in [2.05, 4.69) is 42.9 Å². The molecule has 2 N–H and O–H groups in total. The highest BCUT2D eigenvalue weighted by Crippen LogP contribution is 2.39. The Hall–Kier alpha value is -2.55. The standard InChI is InChI=1S/C24H26N2O5/c1-13-14-8-9-25(2)10-16(14)17(12-30-24-23(29)22(28)19(11-27)31-24)20-15-6-4-5-7-18(15)26(3)21(13)20/h4-10,19,22-24,28-29H,11-12H2,1-3H3/t19-,22+,23+,24-/m0/s1. The number of aliphatic hydroxyl groups excluding tert-OH is 2. The van der Waals surface area contributed by atoms with Crippen LogP contribution in [0.4, 0.5) is 0 Å². The van der Waals surface area contributed by atoms with Gasteiger partial charge in [-0.2, -0.15) is 0 Å². The van der Waals surface area contributed by atoms with Gasteiger partial charge in [0.25, 0.3) is 0 Å². The third-order valence-electron chi connectivity index (χ3n) is 6.47. The van der Waals surface area contributed by atoms with Crippen LogP contribution in [0.2, 0.25) is 0 Å². The van der Waals surface area contributed by atoms with Crippen molar-refractivity contribution in [2.45, 2.75) is 38.1 Å². The first kappa shape index (κ1) is 20.4. The zero-order valence-electron chi connectivity index (χ0n) is 17.8. The molecule has 31 heavy (non-hydrogen) atoms. The number of rotatable bonds is 4. The van der Waals surface area contributed by atoms with Gasteiger partial charge in [0, 0.05) is 35.0 Å². The second-order valence-electron chi connectivity index (χ2n) is 8.34. The topological polar surface area (TPSA) is 90.8 Å². The molecule has 5 rings (SSSR count). The van der Waals surface area contributed by atoms with Crippen molar-refractivity contribution in [2.75, 3.05) is 6.61 Å². The fourth-order valence-electron chi connectivity index (χ4n) is 4.87. The first-order valence-corrected chi connectivity index (χ1v) is 10.4. The van der Waals surface area contributed by atoms with E-state index in [1.165, 1.54) is 5.56 Å². The summed E-state index contributed by atoms with van der Waals surface area (Å²) in [5.74, 6) is 0. The van der Waals surface area contributed by atoms with Gasteiger partial charge in [-0.25, -0.2) is 4.57 Å². The maximum absolute atomic E-state index is 11.2. The van der Waals surface area contributed by atoms with Gasteiger partial charge in [-0.05, 0) is 23.9 Å². The summed E-state index contributed by atoms with van der Waals surface area (Å²) in [4.78, 5) is 0. The van der Waals surface area contributed by atoms with Crippen LogP contribution in [0.1, 0.15) is 11.1 Å². The van der Waals surface area contributed by atoms with Crippen LogP contribution in [-0.2, 0) is 30.2 Å². The number of benzene rings is 2. The molecule has 162 valence electrons. The molecule has 0 aliphatic carbocycles. The summed E-state index contributed by atoms with van der Waals surface area (Å²) in [6, 6.07) is 10.4. The number of aryl methyl sites for hydroxylation is 3. The molecule has 4 atom stereocenters. The maximum Gasteiger partial charge on any atom is 0.186 e. The Morgan fingerprint density at radius 3 is 2.65 bits per heavy atom. The minimum atomic E-state index is -1.25. The first-order chi connectivity index (χ1) is 14.9. The molecule has 0 amide bonds. The number of nitrogens with zero attached hydrogens (tertiary/aromatic N) is 2. The van der Waals surface area contributed by atoms with Crippen molar-refractivity contribution in [3.05, 3.63) is 53.9 Å². The van der Waals surface area contributed by atoms with Crippen LogP contribution in [0.25, 0.3) is 32.6 Å². The smallest absolute Gasteiger partial charge is 0.186 e. The van der Waals surface area contributed by atoms with Gasteiger partial charge in [0.05, 0.1) is 23.6 Å². The fourth-order valence-corrected chi connectivity index (χ4v) is 4.87. The van der Waals surface area contributed by atoms with Crippen molar-refractivity contribution in [1.29, 1.82) is 0 Å². The van der Waals surface area contributed by atoms with Crippen molar-refractivity contribution in [2.24, 2.45) is 14.1 Å².